The number of benzene rings is 1. The molecule has 0 atom stereocenters. The first kappa shape index (κ1) is 17.8. The number of hydrogen-bond acceptors (Lipinski definition) is 3. The van der Waals surface area contributed by atoms with Crippen LogP contribution in [0.2, 0.25) is 0 Å². The van der Waals surface area contributed by atoms with E-state index in [0.29, 0.717) is 0 Å². The quantitative estimate of drug-likeness (QED) is 0.827. The third kappa shape index (κ3) is 7.04. The molecule has 4 heteroatoms. The van der Waals surface area contributed by atoms with E-state index in [0.717, 1.165) is 24.7 Å². The molecule has 4 nitrogen and oxygen atoms in total. The minimum Gasteiger partial charge on any atom is -0.444 e. The molecule has 0 unspecified atom stereocenters. The molecule has 2 N–H and O–H groups in total. The van der Waals surface area contributed by atoms with Crippen molar-refractivity contribution in [2.75, 3.05) is 11.9 Å². The van der Waals surface area contributed by atoms with Gasteiger partial charge in [-0.2, -0.15) is 0 Å². The summed E-state index contributed by atoms with van der Waals surface area (Å²) in [5, 5.41) is 6.30. The monoisotopic (exact) mass is 318 g/mol. The Labute approximate surface area is 140 Å². The van der Waals surface area contributed by atoms with Crippen LogP contribution < -0.4 is 10.6 Å². The minimum absolute atomic E-state index is 0.416. The zero-order chi connectivity index (χ0) is 16.7. The highest BCUT2D eigenvalue weighted by Crippen LogP contribution is 2.22. The van der Waals surface area contributed by atoms with Crippen LogP contribution in [0.5, 0.6) is 0 Å². The van der Waals surface area contributed by atoms with E-state index < -0.39 is 11.7 Å². The highest BCUT2D eigenvalue weighted by atomic mass is 16.6. The number of rotatable bonds is 5. The van der Waals surface area contributed by atoms with Gasteiger partial charge in [0.05, 0.1) is 0 Å². The van der Waals surface area contributed by atoms with E-state index in [9.17, 15) is 4.79 Å². The Morgan fingerprint density at radius 1 is 1.13 bits per heavy atom. The number of carbonyl (C=O) groups excluding carboxylic acids is 1. The summed E-state index contributed by atoms with van der Waals surface area (Å²) in [6, 6.07) is 7.92. The second-order valence-corrected chi connectivity index (χ2v) is 7.46. The van der Waals surface area contributed by atoms with Gasteiger partial charge < -0.3 is 10.1 Å². The lowest BCUT2D eigenvalue weighted by Crippen LogP contribution is -2.27. The molecular weight excluding hydrogens is 288 g/mol. The Kier molecular flexibility index (Phi) is 6.46. The van der Waals surface area contributed by atoms with Gasteiger partial charge in [-0.05, 0) is 63.8 Å². The summed E-state index contributed by atoms with van der Waals surface area (Å²) in [6.45, 7) is 7.55. The number of amides is 1. The van der Waals surface area contributed by atoms with Crippen molar-refractivity contribution < 1.29 is 9.53 Å². The van der Waals surface area contributed by atoms with Gasteiger partial charge in [-0.25, -0.2) is 4.79 Å². The first-order chi connectivity index (χ1) is 10.9. The van der Waals surface area contributed by atoms with Crippen molar-refractivity contribution >= 4 is 11.8 Å². The molecule has 0 bridgehead atoms. The van der Waals surface area contributed by atoms with Crippen LogP contribution in [-0.4, -0.2) is 18.2 Å². The smallest absolute Gasteiger partial charge is 0.412 e. The number of anilines is 1. The lowest BCUT2D eigenvalue weighted by molar-refractivity contribution is 0.0636. The Balaban J connectivity index is 1.72. The maximum Gasteiger partial charge on any atom is 0.412 e. The molecule has 128 valence electrons. The molecule has 0 heterocycles. The Morgan fingerprint density at radius 3 is 2.39 bits per heavy atom. The van der Waals surface area contributed by atoms with Gasteiger partial charge in [-0.15, -0.1) is 0 Å². The predicted octanol–water partition coefficient (Wildman–Crippen LogP) is 4.70. The van der Waals surface area contributed by atoms with Crippen LogP contribution >= 0.6 is 0 Å². The van der Waals surface area contributed by atoms with Crippen molar-refractivity contribution in [3.8, 4) is 0 Å². The summed E-state index contributed by atoms with van der Waals surface area (Å²) in [6.07, 6.45) is 6.50. The van der Waals surface area contributed by atoms with E-state index >= 15 is 0 Å². The van der Waals surface area contributed by atoms with E-state index in [1.807, 2.05) is 45.0 Å². The molecule has 1 aliphatic rings. The third-order valence-electron chi connectivity index (χ3n) is 4.09. The first-order valence-electron chi connectivity index (χ1n) is 8.72. The van der Waals surface area contributed by atoms with Crippen molar-refractivity contribution in [2.24, 2.45) is 5.92 Å². The molecule has 0 aromatic heterocycles. The minimum atomic E-state index is -0.479. The van der Waals surface area contributed by atoms with Gasteiger partial charge in [-0.1, -0.05) is 31.4 Å². The van der Waals surface area contributed by atoms with Gasteiger partial charge in [0.2, 0.25) is 0 Å². The zero-order valence-electron chi connectivity index (χ0n) is 14.7. The Bertz CT molecular complexity index is 485. The zero-order valence-corrected chi connectivity index (χ0v) is 14.7. The number of hydrogen-bond donors (Lipinski definition) is 2. The number of carbonyl (C=O) groups is 1. The molecule has 0 saturated heterocycles. The average molecular weight is 318 g/mol. The lowest BCUT2D eigenvalue weighted by atomic mass is 9.89. The van der Waals surface area contributed by atoms with Crippen molar-refractivity contribution in [2.45, 2.75) is 65.0 Å². The molecule has 0 aliphatic heterocycles. The van der Waals surface area contributed by atoms with E-state index in [1.165, 1.54) is 37.7 Å². The normalized spacial score (nSPS) is 16.1. The largest absolute Gasteiger partial charge is 0.444 e. The van der Waals surface area contributed by atoms with Crippen molar-refractivity contribution in [3.05, 3.63) is 29.8 Å². The van der Waals surface area contributed by atoms with Crippen LogP contribution in [0.1, 0.15) is 58.4 Å². The van der Waals surface area contributed by atoms with Gasteiger partial charge in [0.15, 0.2) is 0 Å². The number of ether oxygens (including phenoxy) is 1. The SMILES string of the molecule is CC(C)(C)OC(=O)Nc1ccc(CNCC2CCCCC2)cc1. The Hall–Kier alpha value is -1.55. The fourth-order valence-electron chi connectivity index (χ4n) is 2.94. The molecule has 1 aliphatic carbocycles. The van der Waals surface area contributed by atoms with Gasteiger partial charge in [0.25, 0.3) is 0 Å². The molecule has 0 radical (unpaired) electrons. The summed E-state index contributed by atoms with van der Waals surface area (Å²) in [5.41, 5.74) is 1.51. The summed E-state index contributed by atoms with van der Waals surface area (Å²) in [7, 11) is 0. The summed E-state index contributed by atoms with van der Waals surface area (Å²) >= 11 is 0. The van der Waals surface area contributed by atoms with Gasteiger partial charge in [-0.3, -0.25) is 5.32 Å². The molecule has 1 aromatic carbocycles. The topological polar surface area (TPSA) is 50.4 Å². The maximum absolute atomic E-state index is 11.7. The first-order valence-corrected chi connectivity index (χ1v) is 8.72. The highest BCUT2D eigenvalue weighted by molar-refractivity contribution is 5.84. The predicted molar refractivity (Wildman–Crippen MR) is 94.6 cm³/mol. The van der Waals surface area contributed by atoms with Crippen LogP contribution in [0.25, 0.3) is 0 Å². The Morgan fingerprint density at radius 2 is 1.78 bits per heavy atom. The van der Waals surface area contributed by atoms with Gasteiger partial charge >= 0.3 is 6.09 Å². The molecule has 1 aromatic rings. The molecule has 2 rings (SSSR count). The summed E-state index contributed by atoms with van der Waals surface area (Å²) in [5.74, 6) is 0.844. The molecule has 1 saturated carbocycles. The van der Waals surface area contributed by atoms with Crippen molar-refractivity contribution in [1.29, 1.82) is 0 Å². The fraction of sp³-hybridized carbons (Fsp3) is 0.632. The van der Waals surface area contributed by atoms with Crippen molar-refractivity contribution in [3.63, 3.8) is 0 Å². The van der Waals surface area contributed by atoms with Crippen LogP contribution in [-0.2, 0) is 11.3 Å². The summed E-state index contributed by atoms with van der Waals surface area (Å²) in [4.78, 5) is 11.7. The molecule has 23 heavy (non-hydrogen) atoms. The molecular formula is C19H30N2O2. The molecule has 1 fully saturated rings. The average Bonchev–Trinajstić information content (AvgIpc) is 2.48. The number of nitrogens with one attached hydrogen (secondary N) is 2. The van der Waals surface area contributed by atoms with E-state index in [-0.39, 0.29) is 0 Å². The van der Waals surface area contributed by atoms with Crippen LogP contribution in [0, 0.1) is 5.92 Å². The second-order valence-electron chi connectivity index (χ2n) is 7.46. The van der Waals surface area contributed by atoms with Crippen LogP contribution in [0.3, 0.4) is 0 Å². The van der Waals surface area contributed by atoms with Gasteiger partial charge in [0, 0.05) is 12.2 Å². The van der Waals surface area contributed by atoms with E-state index in [2.05, 4.69) is 10.6 Å². The highest BCUT2D eigenvalue weighted by Gasteiger charge is 2.16. The fourth-order valence-corrected chi connectivity index (χ4v) is 2.94. The second kappa shape index (κ2) is 8.34. The van der Waals surface area contributed by atoms with Crippen LogP contribution in [0.15, 0.2) is 24.3 Å². The molecule has 0 spiro atoms. The van der Waals surface area contributed by atoms with Crippen molar-refractivity contribution in [1.82, 2.24) is 5.32 Å². The van der Waals surface area contributed by atoms with Gasteiger partial charge in [0.1, 0.15) is 5.60 Å². The standard InChI is InChI=1S/C19H30N2O2/c1-19(2,3)23-18(22)21-17-11-9-16(10-12-17)14-20-13-15-7-5-4-6-8-15/h9-12,15,20H,4-8,13-14H2,1-3H3,(H,21,22). The van der Waals surface area contributed by atoms with Crippen LogP contribution in [0.4, 0.5) is 10.5 Å². The van der Waals surface area contributed by atoms with E-state index in [4.69, 9.17) is 4.74 Å². The van der Waals surface area contributed by atoms with E-state index in [1.54, 1.807) is 0 Å². The lowest BCUT2D eigenvalue weighted by Gasteiger charge is -2.21. The summed E-state index contributed by atoms with van der Waals surface area (Å²) < 4.78 is 5.24. The third-order valence-corrected chi connectivity index (χ3v) is 4.09. The maximum atomic E-state index is 11.7. The molecule has 1 amide bonds.